The van der Waals surface area contributed by atoms with Crippen molar-refractivity contribution in [2.75, 3.05) is 19.8 Å². The Morgan fingerprint density at radius 1 is 1.00 bits per heavy atom. The molecule has 2 aromatic carbocycles. The summed E-state index contributed by atoms with van der Waals surface area (Å²) in [4.78, 5) is 0.0993. The number of halogens is 1. The van der Waals surface area contributed by atoms with E-state index in [0.29, 0.717) is 24.7 Å². The van der Waals surface area contributed by atoms with Gasteiger partial charge in [-0.15, -0.1) is 0 Å². The highest BCUT2D eigenvalue weighted by molar-refractivity contribution is 7.89. The van der Waals surface area contributed by atoms with Crippen LogP contribution in [0.1, 0.15) is 31.7 Å². The number of rotatable bonds is 12. The molecule has 0 atom stereocenters. The van der Waals surface area contributed by atoms with Crippen LogP contribution in [0, 0.1) is 0 Å². The van der Waals surface area contributed by atoms with Crippen LogP contribution in [0.2, 0.25) is 5.02 Å². The molecule has 3 rings (SSSR count). The van der Waals surface area contributed by atoms with Gasteiger partial charge in [-0.2, -0.15) is 4.31 Å². The van der Waals surface area contributed by atoms with Gasteiger partial charge in [0.15, 0.2) is 0 Å². The normalized spacial score (nSPS) is 14.8. The Morgan fingerprint density at radius 2 is 1.61 bits per heavy atom. The van der Waals surface area contributed by atoms with Crippen molar-refractivity contribution in [2.24, 2.45) is 0 Å². The molecule has 0 amide bonds. The average Bonchev–Trinajstić information content (AvgIpc) is 3.55. The number of benzene rings is 2. The van der Waals surface area contributed by atoms with Crippen LogP contribution in [0.3, 0.4) is 0 Å². The van der Waals surface area contributed by atoms with Crippen molar-refractivity contribution < 1.29 is 21.6 Å². The van der Waals surface area contributed by atoms with Gasteiger partial charge in [0.2, 0.25) is 20.0 Å². The zero-order valence-electron chi connectivity index (χ0n) is 17.3. The van der Waals surface area contributed by atoms with Crippen LogP contribution in [0.15, 0.2) is 58.3 Å². The van der Waals surface area contributed by atoms with Gasteiger partial charge in [0, 0.05) is 37.4 Å². The van der Waals surface area contributed by atoms with Crippen LogP contribution in [0.4, 0.5) is 0 Å². The molecule has 1 aliphatic rings. The molecule has 1 fully saturated rings. The first-order valence-corrected chi connectivity index (χ1v) is 13.5. The fourth-order valence-corrected chi connectivity index (χ4v) is 5.89. The van der Waals surface area contributed by atoms with E-state index in [0.717, 1.165) is 18.4 Å². The molecule has 2 aromatic rings. The van der Waals surface area contributed by atoms with E-state index in [1.165, 1.54) is 28.6 Å². The third-order valence-electron chi connectivity index (χ3n) is 4.84. The first-order chi connectivity index (χ1) is 14.7. The number of sulfonamides is 2. The number of nitrogens with one attached hydrogen (secondary N) is 1. The quantitative estimate of drug-likeness (QED) is 0.464. The third-order valence-corrected chi connectivity index (χ3v) is 8.49. The molecule has 1 aliphatic carbocycles. The van der Waals surface area contributed by atoms with Crippen molar-refractivity contribution in [3.05, 3.63) is 59.1 Å². The minimum Gasteiger partial charge on any atom is -0.382 e. The lowest BCUT2D eigenvalue weighted by atomic mass is 10.2. The van der Waals surface area contributed by atoms with Gasteiger partial charge in [0.1, 0.15) is 0 Å². The van der Waals surface area contributed by atoms with E-state index in [1.54, 1.807) is 24.3 Å². The van der Waals surface area contributed by atoms with E-state index in [2.05, 4.69) is 4.72 Å². The van der Waals surface area contributed by atoms with E-state index in [4.69, 9.17) is 16.3 Å². The van der Waals surface area contributed by atoms with Crippen molar-refractivity contribution in [2.45, 2.75) is 48.6 Å². The summed E-state index contributed by atoms with van der Waals surface area (Å²) in [6, 6.07) is 12.3. The largest absolute Gasteiger partial charge is 0.382 e. The molecule has 0 spiro atoms. The second-order valence-electron chi connectivity index (χ2n) is 7.38. The van der Waals surface area contributed by atoms with Crippen molar-refractivity contribution in [3.63, 3.8) is 0 Å². The SMILES string of the molecule is CCOCCCN(Cc1ccc(Cl)cc1)S(=O)(=O)c1ccc(S(=O)(=O)NC2CC2)cc1. The maximum atomic E-state index is 13.3. The van der Waals surface area contributed by atoms with Crippen molar-refractivity contribution >= 4 is 31.6 Å². The number of ether oxygens (including phenoxy) is 1. The number of hydrogen-bond acceptors (Lipinski definition) is 5. The lowest BCUT2D eigenvalue weighted by Gasteiger charge is -2.22. The molecule has 31 heavy (non-hydrogen) atoms. The maximum Gasteiger partial charge on any atom is 0.243 e. The van der Waals surface area contributed by atoms with Crippen LogP contribution in [0.5, 0.6) is 0 Å². The zero-order chi connectivity index (χ0) is 22.5. The average molecular weight is 487 g/mol. The fourth-order valence-electron chi connectivity index (χ4n) is 2.99. The molecule has 0 saturated heterocycles. The first-order valence-electron chi connectivity index (χ1n) is 10.2. The summed E-state index contributed by atoms with van der Waals surface area (Å²) >= 11 is 5.94. The molecule has 7 nitrogen and oxygen atoms in total. The van der Waals surface area contributed by atoms with Gasteiger partial charge < -0.3 is 4.74 Å². The van der Waals surface area contributed by atoms with E-state index in [9.17, 15) is 16.8 Å². The van der Waals surface area contributed by atoms with E-state index in [-0.39, 0.29) is 28.9 Å². The van der Waals surface area contributed by atoms with Crippen LogP contribution < -0.4 is 4.72 Å². The minimum absolute atomic E-state index is 0.0198. The summed E-state index contributed by atoms with van der Waals surface area (Å²) in [5.41, 5.74) is 0.803. The summed E-state index contributed by atoms with van der Waals surface area (Å²) < 4.78 is 60.6. The topological polar surface area (TPSA) is 92.8 Å². The Kier molecular flexibility index (Phi) is 8.12. The molecule has 0 heterocycles. The van der Waals surface area contributed by atoms with Gasteiger partial charge >= 0.3 is 0 Å². The standard InChI is InChI=1S/C21H27ClN2O5S2/c1-2-29-15-3-14-24(16-17-4-6-18(22)7-5-17)31(27,28)21-12-10-20(11-13-21)30(25,26)23-19-8-9-19/h4-7,10-13,19,23H,2-3,8-9,14-16H2,1H3. The second-order valence-corrected chi connectivity index (χ2v) is 11.5. The summed E-state index contributed by atoms with van der Waals surface area (Å²) in [6.07, 6.45) is 2.19. The Labute approximate surface area is 189 Å². The van der Waals surface area contributed by atoms with Gasteiger partial charge in [0.05, 0.1) is 9.79 Å². The molecule has 0 bridgehead atoms. The monoisotopic (exact) mass is 486 g/mol. The molecule has 0 aromatic heterocycles. The smallest absolute Gasteiger partial charge is 0.243 e. The molecule has 0 unspecified atom stereocenters. The molecule has 0 radical (unpaired) electrons. The van der Waals surface area contributed by atoms with Gasteiger partial charge in [-0.1, -0.05) is 23.7 Å². The predicted octanol–water partition coefficient (Wildman–Crippen LogP) is 3.40. The van der Waals surface area contributed by atoms with Crippen LogP contribution >= 0.6 is 11.6 Å². The highest BCUT2D eigenvalue weighted by atomic mass is 35.5. The molecule has 1 N–H and O–H groups in total. The Balaban J connectivity index is 1.80. The molecular weight excluding hydrogens is 460 g/mol. The summed E-state index contributed by atoms with van der Waals surface area (Å²) in [5.74, 6) is 0. The highest BCUT2D eigenvalue weighted by Gasteiger charge is 2.29. The third kappa shape index (κ3) is 6.74. The maximum absolute atomic E-state index is 13.3. The van der Waals surface area contributed by atoms with Gasteiger partial charge in [0.25, 0.3) is 0 Å². The van der Waals surface area contributed by atoms with Crippen LogP contribution in [-0.4, -0.2) is 46.9 Å². The molecular formula is C21H27ClN2O5S2. The van der Waals surface area contributed by atoms with Gasteiger partial charge in [-0.05, 0) is 68.1 Å². The summed E-state index contributed by atoms with van der Waals surface area (Å²) in [6.45, 7) is 3.35. The van der Waals surface area contributed by atoms with Crippen LogP contribution in [0.25, 0.3) is 0 Å². The summed E-state index contributed by atoms with van der Waals surface area (Å²) in [7, 11) is -7.48. The van der Waals surface area contributed by atoms with Crippen molar-refractivity contribution in [3.8, 4) is 0 Å². The highest BCUT2D eigenvalue weighted by Crippen LogP contribution is 2.24. The van der Waals surface area contributed by atoms with Crippen molar-refractivity contribution in [1.29, 1.82) is 0 Å². The van der Waals surface area contributed by atoms with E-state index < -0.39 is 20.0 Å². The van der Waals surface area contributed by atoms with Crippen LogP contribution in [-0.2, 0) is 31.3 Å². The molecule has 0 aliphatic heterocycles. The van der Waals surface area contributed by atoms with Gasteiger partial charge in [-0.3, -0.25) is 0 Å². The first kappa shape index (κ1) is 24.2. The van der Waals surface area contributed by atoms with Gasteiger partial charge in [-0.25, -0.2) is 21.6 Å². The molecule has 170 valence electrons. The zero-order valence-corrected chi connectivity index (χ0v) is 19.7. The Morgan fingerprint density at radius 3 is 2.19 bits per heavy atom. The van der Waals surface area contributed by atoms with Crippen molar-refractivity contribution in [1.82, 2.24) is 9.03 Å². The number of nitrogens with zero attached hydrogens (tertiary/aromatic N) is 1. The lowest BCUT2D eigenvalue weighted by Crippen LogP contribution is -2.32. The summed E-state index contributed by atoms with van der Waals surface area (Å²) in [5, 5.41) is 0.575. The predicted molar refractivity (Wildman–Crippen MR) is 120 cm³/mol. The number of hydrogen-bond donors (Lipinski definition) is 1. The lowest BCUT2D eigenvalue weighted by molar-refractivity contribution is 0.140. The van der Waals surface area contributed by atoms with E-state index in [1.807, 2.05) is 6.92 Å². The van der Waals surface area contributed by atoms with E-state index >= 15 is 0 Å². The second kappa shape index (κ2) is 10.4. The Hall–Kier alpha value is -1.49. The Bertz CT molecular complexity index is 1070. The minimum atomic E-state index is -3.84. The molecule has 1 saturated carbocycles. The fraction of sp³-hybridized carbons (Fsp3) is 0.429. The molecule has 10 heteroatoms.